The van der Waals surface area contributed by atoms with Crippen molar-refractivity contribution in [2.45, 2.75) is 38.5 Å². The largest absolute Gasteiger partial charge is 0.457 e. The van der Waals surface area contributed by atoms with Gasteiger partial charge in [-0.25, -0.2) is 0 Å². The number of carbonyl (C=O) groups excluding carboxylic acids is 3. The van der Waals surface area contributed by atoms with Crippen LogP contribution in [-0.4, -0.2) is 17.3 Å². The maximum absolute atomic E-state index is 12.0. The Morgan fingerprint density at radius 2 is 1.64 bits per heavy atom. The van der Waals surface area contributed by atoms with Crippen LogP contribution in [0.25, 0.3) is 0 Å². The van der Waals surface area contributed by atoms with Crippen LogP contribution in [0.2, 0.25) is 0 Å². The molecule has 4 nitrogen and oxygen atoms in total. The molecule has 0 aromatic carbocycles. The molecule has 0 atom stereocenters. The summed E-state index contributed by atoms with van der Waals surface area (Å²) in [4.78, 5) is 35.1. The van der Waals surface area contributed by atoms with Gasteiger partial charge in [-0.05, 0) is 30.2 Å². The first-order chi connectivity index (χ1) is 10.6. The Morgan fingerprint density at radius 3 is 2.32 bits per heavy atom. The second-order valence-electron chi connectivity index (χ2n) is 5.97. The summed E-state index contributed by atoms with van der Waals surface area (Å²) in [5.74, 6) is -0.205. The highest BCUT2D eigenvalue weighted by molar-refractivity contribution is 6.47. The van der Waals surface area contributed by atoms with Crippen LogP contribution in [0, 0.1) is 5.92 Å². The summed E-state index contributed by atoms with van der Waals surface area (Å²) in [6.07, 6.45) is 13.8. The van der Waals surface area contributed by atoms with E-state index in [0.29, 0.717) is 23.7 Å². The smallest absolute Gasteiger partial charge is 0.268 e. The molecule has 22 heavy (non-hydrogen) atoms. The van der Waals surface area contributed by atoms with Crippen LogP contribution in [0.15, 0.2) is 47.5 Å². The number of Topliss-reactive ketones (excluding diaryl/α,β-unsaturated/α-hetero) is 1. The van der Waals surface area contributed by atoms with Gasteiger partial charge in [0.1, 0.15) is 5.76 Å². The number of hydrogen-bond donors (Lipinski definition) is 0. The van der Waals surface area contributed by atoms with Gasteiger partial charge < -0.3 is 4.74 Å². The molecule has 1 saturated carbocycles. The Balaban J connectivity index is 1.81. The lowest BCUT2D eigenvalue weighted by molar-refractivity contribution is -0.134. The van der Waals surface area contributed by atoms with E-state index in [0.717, 1.165) is 12.8 Å². The molecule has 0 unspecified atom stereocenters. The minimum absolute atomic E-state index is 0.0401. The third-order valence-electron chi connectivity index (χ3n) is 4.29. The number of carbonyl (C=O) groups is 3. The molecule has 3 aliphatic rings. The van der Waals surface area contributed by atoms with Crippen LogP contribution in [0.3, 0.4) is 0 Å². The summed E-state index contributed by atoms with van der Waals surface area (Å²) >= 11 is 0. The zero-order valence-electron chi connectivity index (χ0n) is 12.3. The maximum Gasteiger partial charge on any atom is 0.268 e. The van der Waals surface area contributed by atoms with Crippen molar-refractivity contribution in [3.8, 4) is 0 Å². The topological polar surface area (TPSA) is 60.4 Å². The van der Waals surface area contributed by atoms with Gasteiger partial charge in [-0.1, -0.05) is 32.1 Å². The van der Waals surface area contributed by atoms with E-state index in [1.807, 2.05) is 0 Å². The van der Waals surface area contributed by atoms with Crippen molar-refractivity contribution in [2.75, 3.05) is 0 Å². The lowest BCUT2D eigenvalue weighted by atomic mass is 9.86. The predicted octanol–water partition coefficient (Wildman–Crippen LogP) is 2.96. The lowest BCUT2D eigenvalue weighted by Crippen LogP contribution is -2.24. The van der Waals surface area contributed by atoms with Crippen molar-refractivity contribution < 1.29 is 19.1 Å². The Labute approximate surface area is 129 Å². The standard InChI is InChI=1S/C18H18O4/c19-14-8-6-13(7-9-14)18-17(21)16(20)11-15(22-18)10-12-4-2-1-3-5-12/h6-9,11-12H,1-5,10H2. The molecule has 0 aromatic rings. The molecule has 0 radical (unpaired) electrons. The van der Waals surface area contributed by atoms with Gasteiger partial charge in [0.25, 0.3) is 5.78 Å². The molecule has 0 bridgehead atoms. The van der Waals surface area contributed by atoms with E-state index >= 15 is 0 Å². The monoisotopic (exact) mass is 298 g/mol. The molecule has 2 aliphatic carbocycles. The number of ether oxygens (including phenoxy) is 1. The fourth-order valence-corrected chi connectivity index (χ4v) is 3.10. The van der Waals surface area contributed by atoms with E-state index in [1.165, 1.54) is 49.6 Å². The van der Waals surface area contributed by atoms with E-state index in [-0.39, 0.29) is 11.5 Å². The first-order valence-corrected chi connectivity index (χ1v) is 7.75. The van der Waals surface area contributed by atoms with Gasteiger partial charge in [-0.2, -0.15) is 0 Å². The third-order valence-corrected chi connectivity index (χ3v) is 4.29. The molecule has 4 heteroatoms. The van der Waals surface area contributed by atoms with Gasteiger partial charge >= 0.3 is 0 Å². The molecule has 1 fully saturated rings. The summed E-state index contributed by atoms with van der Waals surface area (Å²) in [7, 11) is 0. The van der Waals surface area contributed by atoms with Gasteiger partial charge in [0.2, 0.25) is 5.78 Å². The van der Waals surface area contributed by atoms with Gasteiger partial charge in [-0.15, -0.1) is 0 Å². The molecule has 114 valence electrons. The minimum atomic E-state index is -0.647. The lowest BCUT2D eigenvalue weighted by Gasteiger charge is -2.25. The first kappa shape index (κ1) is 14.7. The fraction of sp³-hybridized carbons (Fsp3) is 0.389. The number of rotatable bonds is 2. The second kappa shape index (κ2) is 6.26. The summed E-state index contributed by atoms with van der Waals surface area (Å²) in [5, 5.41) is 0. The molecule has 0 aromatic heterocycles. The van der Waals surface area contributed by atoms with E-state index in [2.05, 4.69) is 0 Å². The van der Waals surface area contributed by atoms with E-state index < -0.39 is 11.6 Å². The van der Waals surface area contributed by atoms with Crippen LogP contribution in [0.1, 0.15) is 38.5 Å². The van der Waals surface area contributed by atoms with Crippen molar-refractivity contribution in [2.24, 2.45) is 5.92 Å². The normalized spacial score (nSPS) is 22.9. The first-order valence-electron chi connectivity index (χ1n) is 7.75. The van der Waals surface area contributed by atoms with Gasteiger partial charge in [0, 0.05) is 18.1 Å². The van der Waals surface area contributed by atoms with Gasteiger partial charge in [0.15, 0.2) is 11.5 Å². The maximum atomic E-state index is 12.0. The van der Waals surface area contributed by atoms with E-state index in [4.69, 9.17) is 4.74 Å². The number of ketones is 3. The van der Waals surface area contributed by atoms with Crippen LogP contribution in [0.4, 0.5) is 0 Å². The molecule has 3 rings (SSSR count). The molecule has 0 saturated heterocycles. The zero-order valence-corrected chi connectivity index (χ0v) is 12.3. The van der Waals surface area contributed by atoms with Gasteiger partial charge in [-0.3, -0.25) is 14.4 Å². The molecular formula is C18H18O4. The minimum Gasteiger partial charge on any atom is -0.457 e. The summed E-state index contributed by atoms with van der Waals surface area (Å²) in [5.41, 5.74) is 0.479. The SMILES string of the molecule is O=C1C=CC(=C2OC(CC3CCCCC3)=CC(=O)C2=O)C=C1. The predicted molar refractivity (Wildman–Crippen MR) is 80.7 cm³/mol. The summed E-state index contributed by atoms with van der Waals surface area (Å²) < 4.78 is 5.70. The van der Waals surface area contributed by atoms with Crippen LogP contribution in [0.5, 0.6) is 0 Å². The second-order valence-corrected chi connectivity index (χ2v) is 5.97. The molecule has 0 spiro atoms. The molecule has 1 heterocycles. The van der Waals surface area contributed by atoms with Crippen LogP contribution >= 0.6 is 0 Å². The molecule has 0 N–H and O–H groups in total. The average Bonchev–Trinajstić information content (AvgIpc) is 2.53. The quantitative estimate of drug-likeness (QED) is 0.581. The zero-order chi connectivity index (χ0) is 15.5. The summed E-state index contributed by atoms with van der Waals surface area (Å²) in [6.45, 7) is 0. The van der Waals surface area contributed by atoms with E-state index in [1.54, 1.807) is 0 Å². The average molecular weight is 298 g/mol. The molecular weight excluding hydrogens is 280 g/mol. The fourth-order valence-electron chi connectivity index (χ4n) is 3.10. The molecule has 0 amide bonds. The summed E-state index contributed by atoms with van der Waals surface area (Å²) in [6, 6.07) is 0. The highest BCUT2D eigenvalue weighted by Gasteiger charge is 2.30. The Kier molecular flexibility index (Phi) is 4.18. The van der Waals surface area contributed by atoms with Crippen LogP contribution in [-0.2, 0) is 19.1 Å². The Hall–Kier alpha value is -2.23. The van der Waals surface area contributed by atoms with Crippen molar-refractivity contribution in [3.63, 3.8) is 0 Å². The number of allylic oxidation sites excluding steroid dienone is 8. The van der Waals surface area contributed by atoms with Crippen molar-refractivity contribution >= 4 is 17.3 Å². The van der Waals surface area contributed by atoms with Crippen molar-refractivity contribution in [1.82, 2.24) is 0 Å². The van der Waals surface area contributed by atoms with Gasteiger partial charge in [0.05, 0.1) is 0 Å². The van der Waals surface area contributed by atoms with E-state index in [9.17, 15) is 14.4 Å². The van der Waals surface area contributed by atoms with Crippen molar-refractivity contribution in [1.29, 1.82) is 0 Å². The molecule has 1 aliphatic heterocycles. The number of hydrogen-bond acceptors (Lipinski definition) is 4. The third kappa shape index (κ3) is 3.16. The Morgan fingerprint density at radius 1 is 0.955 bits per heavy atom. The van der Waals surface area contributed by atoms with Crippen molar-refractivity contribution in [3.05, 3.63) is 47.5 Å². The highest BCUT2D eigenvalue weighted by atomic mass is 16.5. The van der Waals surface area contributed by atoms with Crippen LogP contribution < -0.4 is 0 Å². The highest BCUT2D eigenvalue weighted by Crippen LogP contribution is 2.32. The Bertz CT molecular complexity index is 622.